The first-order valence-corrected chi connectivity index (χ1v) is 7.84. The van der Waals surface area contributed by atoms with Crippen LogP contribution in [0.1, 0.15) is 37.7 Å². The maximum Gasteiger partial charge on any atom is 1.00 e. The van der Waals surface area contributed by atoms with Crippen LogP contribution < -0.4 is 40.0 Å². The Morgan fingerprint density at radius 1 is 1.20 bits per heavy atom. The van der Waals surface area contributed by atoms with Gasteiger partial charge in [0.15, 0.2) is 0 Å². The molecule has 1 atom stereocenters. The number of carboxylic acids is 1. The van der Waals surface area contributed by atoms with E-state index in [9.17, 15) is 19.5 Å². The first-order valence-electron chi connectivity index (χ1n) is 7.46. The zero-order valence-corrected chi connectivity index (χ0v) is 17.0. The van der Waals surface area contributed by atoms with Crippen molar-refractivity contribution in [1.29, 1.82) is 0 Å². The molecule has 0 spiro atoms. The summed E-state index contributed by atoms with van der Waals surface area (Å²) in [5, 5.41) is 14.1. The second-order valence-electron chi connectivity index (χ2n) is 4.95. The maximum atomic E-state index is 11.4. The normalized spacial score (nSPS) is 11.0. The van der Waals surface area contributed by atoms with Gasteiger partial charge in [0.05, 0.1) is 0 Å². The molecule has 1 rings (SSSR count). The van der Waals surface area contributed by atoms with E-state index in [1.807, 2.05) is 6.92 Å². The fraction of sp³-hybridized carbons (Fsp3) is 0.438. The molecule has 0 heterocycles. The number of hydrogen-bond donors (Lipinski definition) is 1. The average Bonchev–Trinajstić information content (AvgIpc) is 2.52. The van der Waals surface area contributed by atoms with Gasteiger partial charge < -0.3 is 24.7 Å². The van der Waals surface area contributed by atoms with Gasteiger partial charge in [0.2, 0.25) is 6.79 Å². The van der Waals surface area contributed by atoms with Crippen LogP contribution in [0.4, 0.5) is 4.79 Å². The van der Waals surface area contributed by atoms with Gasteiger partial charge in [0, 0.05) is 29.9 Å². The molecular formula is C16H19ClNNaO6. The minimum atomic E-state index is -1.25. The van der Waals surface area contributed by atoms with Crippen molar-refractivity contribution in [2.45, 2.75) is 32.1 Å². The second kappa shape index (κ2) is 13.0. The zero-order chi connectivity index (χ0) is 17.9. The van der Waals surface area contributed by atoms with Crippen LogP contribution in [0.25, 0.3) is 0 Å². The van der Waals surface area contributed by atoms with Gasteiger partial charge in [-0.2, -0.15) is 0 Å². The van der Waals surface area contributed by atoms with Gasteiger partial charge >= 0.3 is 41.6 Å². The standard InChI is InChI=1S/C16H20ClNO6.Na/c1-2-3-14(19)23-10-24-16(22)18-9-8-13(15(20)21)11-4-6-12(17)7-5-11;/h4-7,13H,2-3,8-10H2,1H3,(H,18,22)(H,20,21);/q;+1/p-1. The van der Waals surface area contributed by atoms with Crippen molar-refractivity contribution in [2.24, 2.45) is 0 Å². The minimum Gasteiger partial charge on any atom is -0.549 e. The number of halogens is 1. The predicted molar refractivity (Wildman–Crippen MR) is 84.2 cm³/mol. The molecule has 0 saturated carbocycles. The average molecular weight is 380 g/mol. The topological polar surface area (TPSA) is 105 Å². The number of carbonyl (C=O) groups is 3. The monoisotopic (exact) mass is 379 g/mol. The van der Waals surface area contributed by atoms with Gasteiger partial charge in [-0.3, -0.25) is 4.79 Å². The van der Waals surface area contributed by atoms with Crippen molar-refractivity contribution >= 4 is 29.6 Å². The van der Waals surface area contributed by atoms with Gasteiger partial charge in [0.1, 0.15) is 0 Å². The van der Waals surface area contributed by atoms with Crippen LogP contribution in [0.3, 0.4) is 0 Å². The number of aliphatic carboxylic acids is 1. The first-order chi connectivity index (χ1) is 11.4. The molecule has 7 nitrogen and oxygen atoms in total. The van der Waals surface area contributed by atoms with E-state index >= 15 is 0 Å². The molecule has 1 aromatic rings. The summed E-state index contributed by atoms with van der Waals surface area (Å²) < 4.78 is 9.31. The molecule has 0 aliphatic carbocycles. The third-order valence-electron chi connectivity index (χ3n) is 3.12. The van der Waals surface area contributed by atoms with E-state index in [0.717, 1.165) is 0 Å². The molecule has 0 fully saturated rings. The van der Waals surface area contributed by atoms with Gasteiger partial charge in [-0.25, -0.2) is 4.79 Å². The number of ether oxygens (including phenoxy) is 2. The Kier molecular flexibility index (Phi) is 12.3. The SMILES string of the molecule is CCCC(=O)OCOC(=O)NCCC(C(=O)[O-])c1ccc(Cl)cc1.[Na+]. The number of nitrogens with one attached hydrogen (secondary N) is 1. The van der Waals surface area contributed by atoms with E-state index in [2.05, 4.69) is 14.8 Å². The third kappa shape index (κ3) is 9.69. The van der Waals surface area contributed by atoms with E-state index in [0.29, 0.717) is 17.0 Å². The molecule has 9 heteroatoms. The van der Waals surface area contributed by atoms with Crippen LogP contribution in [-0.4, -0.2) is 31.4 Å². The Hall–Kier alpha value is -1.28. The van der Waals surface area contributed by atoms with E-state index in [1.165, 1.54) is 0 Å². The molecule has 0 radical (unpaired) electrons. The molecule has 1 unspecified atom stereocenters. The van der Waals surface area contributed by atoms with Crippen LogP contribution in [0.2, 0.25) is 5.02 Å². The number of alkyl carbamates (subject to hydrolysis) is 1. The Morgan fingerprint density at radius 2 is 1.84 bits per heavy atom. The summed E-state index contributed by atoms with van der Waals surface area (Å²) in [6.07, 6.45) is 0.210. The molecule has 25 heavy (non-hydrogen) atoms. The van der Waals surface area contributed by atoms with Gasteiger partial charge in [-0.1, -0.05) is 30.7 Å². The molecule has 0 aliphatic rings. The van der Waals surface area contributed by atoms with Crippen molar-refractivity contribution in [1.82, 2.24) is 5.32 Å². The van der Waals surface area contributed by atoms with Crippen LogP contribution in [-0.2, 0) is 19.1 Å². The first kappa shape index (κ1) is 23.7. The molecular weight excluding hydrogens is 361 g/mol. The Bertz CT molecular complexity index is 566. The summed E-state index contributed by atoms with van der Waals surface area (Å²) in [4.78, 5) is 33.7. The second-order valence-corrected chi connectivity index (χ2v) is 5.39. The summed E-state index contributed by atoms with van der Waals surface area (Å²) in [5.74, 6) is -2.59. The smallest absolute Gasteiger partial charge is 0.549 e. The van der Waals surface area contributed by atoms with Crippen LogP contribution in [0, 0.1) is 0 Å². The summed E-state index contributed by atoms with van der Waals surface area (Å²) in [6.45, 7) is 1.40. The number of rotatable bonds is 9. The largest absolute Gasteiger partial charge is 1.00 e. The zero-order valence-electron chi connectivity index (χ0n) is 14.2. The summed E-state index contributed by atoms with van der Waals surface area (Å²) >= 11 is 5.76. The van der Waals surface area contributed by atoms with Crippen molar-refractivity contribution in [3.63, 3.8) is 0 Å². The Morgan fingerprint density at radius 3 is 2.40 bits per heavy atom. The molecule has 1 aromatic carbocycles. The summed E-state index contributed by atoms with van der Waals surface area (Å²) in [7, 11) is 0. The molecule has 1 N–H and O–H groups in total. The van der Waals surface area contributed by atoms with Crippen molar-refractivity contribution in [3.05, 3.63) is 34.9 Å². The molecule has 0 aromatic heterocycles. The molecule has 1 amide bonds. The Labute approximate surface area is 173 Å². The van der Waals surface area contributed by atoms with Crippen molar-refractivity contribution in [3.8, 4) is 0 Å². The molecule has 132 valence electrons. The van der Waals surface area contributed by atoms with E-state index < -0.39 is 30.7 Å². The van der Waals surface area contributed by atoms with Crippen molar-refractivity contribution in [2.75, 3.05) is 13.3 Å². The number of hydrogen-bond acceptors (Lipinski definition) is 6. The van der Waals surface area contributed by atoms with Gasteiger partial charge in [-0.15, -0.1) is 0 Å². The molecule has 0 bridgehead atoms. The Balaban J connectivity index is 0.00000576. The minimum absolute atomic E-state index is 0. The fourth-order valence-electron chi connectivity index (χ4n) is 1.91. The fourth-order valence-corrected chi connectivity index (χ4v) is 2.04. The van der Waals surface area contributed by atoms with Crippen LogP contribution in [0.15, 0.2) is 24.3 Å². The number of carboxylic acid groups (broad SMARTS) is 1. The van der Waals surface area contributed by atoms with Crippen molar-refractivity contribution < 1.29 is 58.5 Å². The molecule has 0 aliphatic heterocycles. The number of benzene rings is 1. The van der Waals surface area contributed by atoms with Gasteiger partial charge in [0.25, 0.3) is 0 Å². The van der Waals surface area contributed by atoms with E-state index in [4.69, 9.17) is 11.6 Å². The van der Waals surface area contributed by atoms with Gasteiger partial charge in [-0.05, 0) is 30.5 Å². The number of esters is 1. The molecule has 0 saturated heterocycles. The van der Waals surface area contributed by atoms with Crippen LogP contribution in [0.5, 0.6) is 0 Å². The third-order valence-corrected chi connectivity index (χ3v) is 3.38. The quantitative estimate of drug-likeness (QED) is 0.321. The van der Waals surface area contributed by atoms with E-state index in [1.54, 1.807) is 24.3 Å². The predicted octanol–water partition coefficient (Wildman–Crippen LogP) is -1.41. The maximum absolute atomic E-state index is 11.4. The summed E-state index contributed by atoms with van der Waals surface area (Å²) in [5.41, 5.74) is 0.531. The summed E-state index contributed by atoms with van der Waals surface area (Å²) in [6, 6.07) is 6.35. The number of amides is 1. The van der Waals surface area contributed by atoms with E-state index in [-0.39, 0.29) is 48.9 Å². The number of carbonyl (C=O) groups excluding carboxylic acids is 3. The van der Waals surface area contributed by atoms with Crippen LogP contribution >= 0.6 is 11.6 Å².